The van der Waals surface area contributed by atoms with Gasteiger partial charge in [0.05, 0.1) is 22.6 Å². The summed E-state index contributed by atoms with van der Waals surface area (Å²) >= 11 is 0. The molecule has 154 valence electrons. The Kier molecular flexibility index (Phi) is 7.40. The Morgan fingerprint density at radius 3 is 2.17 bits per heavy atom. The predicted molar refractivity (Wildman–Crippen MR) is 112 cm³/mol. The van der Waals surface area contributed by atoms with E-state index in [0.29, 0.717) is 16.9 Å². The molecule has 29 heavy (non-hydrogen) atoms. The van der Waals surface area contributed by atoms with Crippen LogP contribution in [0.1, 0.15) is 42.7 Å². The molecule has 2 rings (SSSR count). The molecular formula is C22H26N2O4S. The van der Waals surface area contributed by atoms with Gasteiger partial charge in [0.15, 0.2) is 9.84 Å². The van der Waals surface area contributed by atoms with Crippen LogP contribution >= 0.6 is 0 Å². The maximum Gasteiger partial charge on any atom is 0.412 e. The van der Waals surface area contributed by atoms with Crippen molar-refractivity contribution < 1.29 is 17.9 Å². The van der Waals surface area contributed by atoms with Gasteiger partial charge in [-0.05, 0) is 49.6 Å². The van der Waals surface area contributed by atoms with E-state index >= 15 is 0 Å². The van der Waals surface area contributed by atoms with Crippen molar-refractivity contribution in [3.05, 3.63) is 65.2 Å². The van der Waals surface area contributed by atoms with Crippen molar-refractivity contribution >= 4 is 15.9 Å². The maximum absolute atomic E-state index is 12.9. The minimum atomic E-state index is -3.55. The summed E-state index contributed by atoms with van der Waals surface area (Å²) in [4.78, 5) is 12.2. The molecule has 0 fully saturated rings. The third-order valence-electron chi connectivity index (χ3n) is 4.80. The average Bonchev–Trinajstić information content (AvgIpc) is 2.68. The standard InChI is InChI=1S/C22H26N2O4S/c1-15(2)21(24-22(25)28-20-11-5-16(3)6-12-20)14-29(26,27)17(4)19-9-7-18(13-23)8-10-19/h5-12,15,17,21H,14H2,1-4H3,(H,24,25)/t17?,21-/m1/s1. The molecule has 1 unspecified atom stereocenters. The van der Waals surface area contributed by atoms with Crippen LogP contribution in [0.4, 0.5) is 4.79 Å². The van der Waals surface area contributed by atoms with Gasteiger partial charge in [0.1, 0.15) is 5.75 Å². The van der Waals surface area contributed by atoms with E-state index in [9.17, 15) is 13.2 Å². The van der Waals surface area contributed by atoms with Crippen LogP contribution in [0, 0.1) is 24.2 Å². The zero-order valence-corrected chi connectivity index (χ0v) is 17.9. The van der Waals surface area contributed by atoms with Gasteiger partial charge in [-0.25, -0.2) is 13.2 Å². The third-order valence-corrected chi connectivity index (χ3v) is 6.97. The van der Waals surface area contributed by atoms with Crippen LogP contribution in [0.15, 0.2) is 48.5 Å². The smallest absolute Gasteiger partial charge is 0.410 e. The summed E-state index contributed by atoms with van der Waals surface area (Å²) in [6.45, 7) is 7.23. The molecule has 0 heterocycles. The van der Waals surface area contributed by atoms with E-state index in [-0.39, 0.29) is 11.7 Å². The number of ether oxygens (including phenoxy) is 1. The van der Waals surface area contributed by atoms with Crippen molar-refractivity contribution in [1.82, 2.24) is 5.32 Å². The lowest BCUT2D eigenvalue weighted by atomic mass is 10.1. The molecule has 0 aliphatic carbocycles. The van der Waals surface area contributed by atoms with Crippen LogP contribution in [0.25, 0.3) is 0 Å². The Morgan fingerprint density at radius 1 is 1.07 bits per heavy atom. The number of carbonyl (C=O) groups is 1. The summed E-state index contributed by atoms with van der Waals surface area (Å²) in [5.74, 6) is 0.0717. The van der Waals surface area contributed by atoms with Gasteiger partial charge in [-0.2, -0.15) is 5.26 Å². The minimum absolute atomic E-state index is 0.108. The highest BCUT2D eigenvalue weighted by Gasteiger charge is 2.29. The first-order chi connectivity index (χ1) is 13.6. The van der Waals surface area contributed by atoms with E-state index in [1.54, 1.807) is 43.3 Å². The first-order valence-electron chi connectivity index (χ1n) is 9.39. The van der Waals surface area contributed by atoms with E-state index in [2.05, 4.69) is 5.32 Å². The molecule has 0 saturated heterocycles. The summed E-state index contributed by atoms with van der Waals surface area (Å²) < 4.78 is 31.1. The second-order valence-electron chi connectivity index (χ2n) is 7.40. The van der Waals surface area contributed by atoms with Gasteiger partial charge in [0, 0.05) is 6.04 Å². The molecule has 1 N–H and O–H groups in total. The molecule has 0 bridgehead atoms. The first kappa shape index (κ1) is 22.4. The van der Waals surface area contributed by atoms with Gasteiger partial charge < -0.3 is 10.1 Å². The molecule has 0 aromatic heterocycles. The molecule has 2 aromatic carbocycles. The molecule has 2 atom stereocenters. The molecule has 0 spiro atoms. The Balaban J connectivity index is 2.08. The number of benzene rings is 2. The molecular weight excluding hydrogens is 388 g/mol. The van der Waals surface area contributed by atoms with E-state index < -0.39 is 27.2 Å². The van der Waals surface area contributed by atoms with Crippen molar-refractivity contribution in [2.75, 3.05) is 5.75 Å². The molecule has 0 saturated carbocycles. The molecule has 7 heteroatoms. The summed E-state index contributed by atoms with van der Waals surface area (Å²) in [7, 11) is -3.55. The summed E-state index contributed by atoms with van der Waals surface area (Å²) in [6.07, 6.45) is -0.686. The van der Waals surface area contributed by atoms with Crippen LogP contribution in [0.2, 0.25) is 0 Å². The van der Waals surface area contributed by atoms with Crippen molar-refractivity contribution in [1.29, 1.82) is 5.26 Å². The minimum Gasteiger partial charge on any atom is -0.410 e. The van der Waals surface area contributed by atoms with Crippen LogP contribution in [-0.2, 0) is 9.84 Å². The fourth-order valence-electron chi connectivity index (χ4n) is 2.73. The second-order valence-corrected chi connectivity index (χ2v) is 9.77. The normalized spacial score (nSPS) is 13.4. The number of aryl methyl sites for hydroxylation is 1. The number of nitrogens with one attached hydrogen (secondary N) is 1. The highest BCUT2D eigenvalue weighted by Crippen LogP contribution is 2.24. The number of hydrogen-bond acceptors (Lipinski definition) is 5. The SMILES string of the molecule is Cc1ccc(OC(=O)N[C@H](CS(=O)(=O)C(C)c2ccc(C#N)cc2)C(C)C)cc1. The number of carbonyl (C=O) groups excluding carboxylic acids is 1. The largest absolute Gasteiger partial charge is 0.412 e. The van der Waals surface area contributed by atoms with Gasteiger partial charge in [0.25, 0.3) is 0 Å². The number of nitriles is 1. The Labute approximate surface area is 172 Å². The van der Waals surface area contributed by atoms with E-state index in [4.69, 9.17) is 10.00 Å². The lowest BCUT2D eigenvalue weighted by Gasteiger charge is -2.24. The fraction of sp³-hybridized carbons (Fsp3) is 0.364. The number of rotatable bonds is 7. The lowest BCUT2D eigenvalue weighted by Crippen LogP contribution is -2.45. The van der Waals surface area contributed by atoms with Gasteiger partial charge >= 0.3 is 6.09 Å². The number of nitrogens with zero attached hydrogens (tertiary/aromatic N) is 1. The molecule has 6 nitrogen and oxygen atoms in total. The Hall–Kier alpha value is -2.85. The molecule has 0 aliphatic heterocycles. The maximum atomic E-state index is 12.9. The molecule has 2 aromatic rings. The monoisotopic (exact) mass is 414 g/mol. The third kappa shape index (κ3) is 6.33. The predicted octanol–water partition coefficient (Wildman–Crippen LogP) is 4.16. The number of amides is 1. The lowest BCUT2D eigenvalue weighted by molar-refractivity contribution is 0.193. The van der Waals surface area contributed by atoms with Crippen molar-refractivity contribution in [2.45, 2.75) is 39.0 Å². The second kappa shape index (κ2) is 9.57. The highest BCUT2D eigenvalue weighted by atomic mass is 32.2. The molecule has 0 radical (unpaired) electrons. The number of hydrogen-bond donors (Lipinski definition) is 1. The van der Waals surface area contributed by atoms with Crippen molar-refractivity contribution in [3.8, 4) is 11.8 Å². The van der Waals surface area contributed by atoms with Crippen LogP contribution < -0.4 is 10.1 Å². The first-order valence-corrected chi connectivity index (χ1v) is 11.1. The van der Waals surface area contributed by atoms with Crippen molar-refractivity contribution in [2.24, 2.45) is 5.92 Å². The van der Waals surface area contributed by atoms with Gasteiger partial charge in [0.2, 0.25) is 0 Å². The van der Waals surface area contributed by atoms with Crippen LogP contribution in [0.3, 0.4) is 0 Å². The Morgan fingerprint density at radius 2 is 1.66 bits per heavy atom. The topological polar surface area (TPSA) is 96.3 Å². The highest BCUT2D eigenvalue weighted by molar-refractivity contribution is 7.91. The average molecular weight is 415 g/mol. The quantitative estimate of drug-likeness (QED) is 0.734. The van der Waals surface area contributed by atoms with Gasteiger partial charge in [-0.1, -0.05) is 43.7 Å². The zero-order chi connectivity index (χ0) is 21.6. The molecule has 1 amide bonds. The van der Waals surface area contributed by atoms with Gasteiger partial charge in [-0.3, -0.25) is 0 Å². The van der Waals surface area contributed by atoms with Crippen LogP contribution in [-0.4, -0.2) is 26.3 Å². The van der Waals surface area contributed by atoms with E-state index in [1.165, 1.54) is 0 Å². The van der Waals surface area contributed by atoms with Crippen molar-refractivity contribution in [3.63, 3.8) is 0 Å². The van der Waals surface area contributed by atoms with E-state index in [1.807, 2.05) is 39.0 Å². The summed E-state index contributed by atoms with van der Waals surface area (Å²) in [5.41, 5.74) is 2.12. The van der Waals surface area contributed by atoms with Crippen LogP contribution in [0.5, 0.6) is 5.75 Å². The van der Waals surface area contributed by atoms with E-state index in [0.717, 1.165) is 5.56 Å². The Bertz CT molecular complexity index is 975. The summed E-state index contributed by atoms with van der Waals surface area (Å²) in [6, 6.07) is 14.9. The fourth-order valence-corrected chi connectivity index (χ4v) is 4.55. The zero-order valence-electron chi connectivity index (χ0n) is 17.0. The molecule has 0 aliphatic rings. The summed E-state index contributed by atoms with van der Waals surface area (Å²) in [5, 5.41) is 10.8. The van der Waals surface area contributed by atoms with Gasteiger partial charge in [-0.15, -0.1) is 0 Å². The number of sulfone groups is 1.